The molecule has 1 N–H and O–H groups in total. The van der Waals surface area contributed by atoms with Crippen molar-refractivity contribution < 1.29 is 0 Å². The van der Waals surface area contributed by atoms with Crippen molar-refractivity contribution in [3.63, 3.8) is 0 Å². The molecule has 0 unspecified atom stereocenters. The Morgan fingerprint density at radius 3 is 2.62 bits per heavy atom. The molecule has 0 spiro atoms. The molecule has 1 heterocycles. The van der Waals surface area contributed by atoms with E-state index in [0.29, 0.717) is 5.92 Å². The van der Waals surface area contributed by atoms with Gasteiger partial charge in [-0.2, -0.15) is 5.10 Å². The van der Waals surface area contributed by atoms with Crippen molar-refractivity contribution >= 4 is 0 Å². The Labute approximate surface area is 128 Å². The van der Waals surface area contributed by atoms with Gasteiger partial charge in [0, 0.05) is 17.8 Å². The summed E-state index contributed by atoms with van der Waals surface area (Å²) in [5.41, 5.74) is 6.36. The first-order chi connectivity index (χ1) is 10.0. The molecule has 0 atom stereocenters. The van der Waals surface area contributed by atoms with Crippen LogP contribution in [-0.2, 0) is 13.0 Å². The van der Waals surface area contributed by atoms with Gasteiger partial charge < -0.3 is 5.32 Å². The van der Waals surface area contributed by atoms with E-state index < -0.39 is 0 Å². The number of hydrogen-bond donors (Lipinski definition) is 1. The van der Waals surface area contributed by atoms with Gasteiger partial charge in [0.1, 0.15) is 0 Å². The van der Waals surface area contributed by atoms with Crippen LogP contribution < -0.4 is 5.32 Å². The maximum absolute atomic E-state index is 4.62. The molecule has 2 rings (SSSR count). The molecule has 1 aromatic heterocycles. The predicted molar refractivity (Wildman–Crippen MR) is 89.0 cm³/mol. The molecule has 0 radical (unpaired) electrons. The highest BCUT2D eigenvalue weighted by molar-refractivity contribution is 5.44. The smallest absolute Gasteiger partial charge is 0.0678 e. The second-order valence-electron chi connectivity index (χ2n) is 6.20. The van der Waals surface area contributed by atoms with Crippen molar-refractivity contribution in [2.75, 3.05) is 6.54 Å². The zero-order valence-electron chi connectivity index (χ0n) is 13.9. The van der Waals surface area contributed by atoms with Crippen molar-refractivity contribution in [2.24, 2.45) is 5.92 Å². The molecule has 0 saturated heterocycles. The second kappa shape index (κ2) is 6.90. The summed E-state index contributed by atoms with van der Waals surface area (Å²) in [6, 6.07) is 6.54. The van der Waals surface area contributed by atoms with Crippen LogP contribution in [-0.4, -0.2) is 16.3 Å². The topological polar surface area (TPSA) is 29.9 Å². The maximum Gasteiger partial charge on any atom is 0.0678 e. The third-order valence-electron chi connectivity index (χ3n) is 3.74. The molecule has 1 aromatic carbocycles. The Morgan fingerprint density at radius 2 is 2.00 bits per heavy atom. The predicted octanol–water partition coefficient (Wildman–Crippen LogP) is 3.80. The molecule has 0 aliphatic rings. The van der Waals surface area contributed by atoms with E-state index in [4.69, 9.17) is 0 Å². The van der Waals surface area contributed by atoms with E-state index in [1.165, 1.54) is 28.1 Å². The summed E-state index contributed by atoms with van der Waals surface area (Å²) in [5.74, 6) is 0.671. The van der Waals surface area contributed by atoms with Crippen LogP contribution in [0.25, 0.3) is 5.69 Å². The minimum Gasteiger partial charge on any atom is -0.312 e. The lowest BCUT2D eigenvalue weighted by molar-refractivity contribution is 0.551. The molecule has 0 saturated carbocycles. The first kappa shape index (κ1) is 15.8. The summed E-state index contributed by atoms with van der Waals surface area (Å²) < 4.78 is 2.10. The molecule has 0 aliphatic heterocycles. The van der Waals surface area contributed by atoms with E-state index in [1.54, 1.807) is 0 Å². The molecule has 0 aliphatic carbocycles. The fourth-order valence-electron chi connectivity index (χ4n) is 2.68. The van der Waals surface area contributed by atoms with Crippen molar-refractivity contribution in [2.45, 2.75) is 47.6 Å². The number of benzene rings is 1. The summed E-state index contributed by atoms with van der Waals surface area (Å²) in [6.07, 6.45) is 3.00. The van der Waals surface area contributed by atoms with Gasteiger partial charge >= 0.3 is 0 Å². The summed E-state index contributed by atoms with van der Waals surface area (Å²) in [6.45, 7) is 12.9. The van der Waals surface area contributed by atoms with E-state index in [1.807, 2.05) is 6.20 Å². The fraction of sp³-hybridized carbons (Fsp3) is 0.500. The number of nitrogens with one attached hydrogen (secondary N) is 1. The van der Waals surface area contributed by atoms with Crippen LogP contribution in [0.15, 0.2) is 24.4 Å². The van der Waals surface area contributed by atoms with Crippen molar-refractivity contribution in [3.8, 4) is 5.69 Å². The SMILES string of the molecule is CCc1c(CNCC(C)C)cnn1-c1ccc(C)cc1C. The number of aromatic nitrogens is 2. The van der Waals surface area contributed by atoms with Gasteiger partial charge in [0.2, 0.25) is 0 Å². The average molecular weight is 285 g/mol. The van der Waals surface area contributed by atoms with Crippen molar-refractivity contribution in [1.82, 2.24) is 15.1 Å². The van der Waals surface area contributed by atoms with Crippen LogP contribution >= 0.6 is 0 Å². The van der Waals surface area contributed by atoms with Crippen LogP contribution in [0.1, 0.15) is 43.2 Å². The third-order valence-corrected chi connectivity index (χ3v) is 3.74. The van der Waals surface area contributed by atoms with Gasteiger partial charge in [-0.25, -0.2) is 4.68 Å². The Balaban J connectivity index is 2.26. The van der Waals surface area contributed by atoms with Gasteiger partial charge in [0.25, 0.3) is 0 Å². The maximum atomic E-state index is 4.62. The summed E-state index contributed by atoms with van der Waals surface area (Å²) in [4.78, 5) is 0. The van der Waals surface area contributed by atoms with E-state index in [2.05, 4.69) is 67.9 Å². The zero-order chi connectivity index (χ0) is 15.4. The van der Waals surface area contributed by atoms with E-state index in [9.17, 15) is 0 Å². The molecule has 3 nitrogen and oxygen atoms in total. The first-order valence-corrected chi connectivity index (χ1v) is 7.87. The fourth-order valence-corrected chi connectivity index (χ4v) is 2.68. The van der Waals surface area contributed by atoms with E-state index >= 15 is 0 Å². The normalized spacial score (nSPS) is 11.3. The van der Waals surface area contributed by atoms with Crippen LogP contribution in [0.4, 0.5) is 0 Å². The summed E-state index contributed by atoms with van der Waals surface area (Å²) in [5, 5.41) is 8.13. The first-order valence-electron chi connectivity index (χ1n) is 7.87. The molecular formula is C18H27N3. The molecule has 0 amide bonds. The van der Waals surface area contributed by atoms with Crippen LogP contribution in [0.3, 0.4) is 0 Å². The lowest BCUT2D eigenvalue weighted by Crippen LogP contribution is -2.19. The van der Waals surface area contributed by atoms with Gasteiger partial charge in [-0.15, -0.1) is 0 Å². The van der Waals surface area contributed by atoms with Crippen LogP contribution in [0, 0.1) is 19.8 Å². The lowest BCUT2D eigenvalue weighted by Gasteiger charge is -2.12. The monoisotopic (exact) mass is 285 g/mol. The third kappa shape index (κ3) is 3.73. The lowest BCUT2D eigenvalue weighted by atomic mass is 10.1. The Bertz CT molecular complexity index is 597. The van der Waals surface area contributed by atoms with Crippen molar-refractivity contribution in [1.29, 1.82) is 0 Å². The molecule has 3 heteroatoms. The minimum absolute atomic E-state index is 0.671. The molecule has 2 aromatic rings. The number of nitrogens with zero attached hydrogens (tertiary/aromatic N) is 2. The zero-order valence-corrected chi connectivity index (χ0v) is 13.9. The highest BCUT2D eigenvalue weighted by Crippen LogP contribution is 2.20. The minimum atomic E-state index is 0.671. The number of hydrogen-bond acceptors (Lipinski definition) is 2. The molecule has 114 valence electrons. The highest BCUT2D eigenvalue weighted by atomic mass is 15.3. The Hall–Kier alpha value is -1.61. The Kier molecular flexibility index (Phi) is 5.18. The van der Waals surface area contributed by atoms with E-state index in [-0.39, 0.29) is 0 Å². The van der Waals surface area contributed by atoms with Crippen LogP contribution in [0.2, 0.25) is 0 Å². The summed E-state index contributed by atoms with van der Waals surface area (Å²) >= 11 is 0. The largest absolute Gasteiger partial charge is 0.312 e. The van der Waals surface area contributed by atoms with Crippen molar-refractivity contribution in [3.05, 3.63) is 46.8 Å². The van der Waals surface area contributed by atoms with Gasteiger partial charge in [-0.1, -0.05) is 38.5 Å². The van der Waals surface area contributed by atoms with Gasteiger partial charge in [-0.05, 0) is 44.4 Å². The quantitative estimate of drug-likeness (QED) is 0.875. The molecule has 0 fully saturated rings. The molecule has 0 bridgehead atoms. The Morgan fingerprint density at radius 1 is 1.24 bits per heavy atom. The standard InChI is InChI=1S/C18H27N3/c1-6-17-16(11-19-10-13(2)3)12-20-21(17)18-8-7-14(4)9-15(18)5/h7-9,12-13,19H,6,10-11H2,1-5H3. The van der Waals surface area contributed by atoms with Crippen LogP contribution in [0.5, 0.6) is 0 Å². The van der Waals surface area contributed by atoms with Gasteiger partial charge in [-0.3, -0.25) is 0 Å². The molecule has 21 heavy (non-hydrogen) atoms. The molecular weight excluding hydrogens is 258 g/mol. The number of aryl methyl sites for hydroxylation is 2. The second-order valence-corrected chi connectivity index (χ2v) is 6.20. The van der Waals surface area contributed by atoms with Gasteiger partial charge in [0.05, 0.1) is 11.9 Å². The van der Waals surface area contributed by atoms with Gasteiger partial charge in [0.15, 0.2) is 0 Å². The highest BCUT2D eigenvalue weighted by Gasteiger charge is 2.12. The number of rotatable bonds is 6. The van der Waals surface area contributed by atoms with E-state index in [0.717, 1.165) is 19.5 Å². The average Bonchev–Trinajstić information content (AvgIpc) is 2.81. The summed E-state index contributed by atoms with van der Waals surface area (Å²) in [7, 11) is 0.